The first-order chi connectivity index (χ1) is 8.20. The summed E-state index contributed by atoms with van der Waals surface area (Å²) in [6.45, 7) is 2.97. The molecule has 0 bridgehead atoms. The smallest absolute Gasteiger partial charge is 0.386 e. The average Bonchev–Trinajstić information content (AvgIpc) is 2.39. The summed E-state index contributed by atoms with van der Waals surface area (Å²) in [7, 11) is 1.33. The average molecular weight is 253 g/mol. The van der Waals surface area contributed by atoms with Crippen LogP contribution in [-0.2, 0) is 15.3 Å². The normalized spacial score (nSPS) is 11.7. The van der Waals surface area contributed by atoms with E-state index in [0.29, 0.717) is 0 Å². The second-order valence-corrected chi connectivity index (χ2v) is 7.28. The second-order valence-electron chi connectivity index (χ2n) is 4.22. The van der Waals surface area contributed by atoms with Crippen molar-refractivity contribution in [3.05, 3.63) is 35.9 Å². The van der Waals surface area contributed by atoms with E-state index in [1.807, 2.05) is 6.55 Å². The Bertz CT molecular complexity index is 302. The summed E-state index contributed by atoms with van der Waals surface area (Å²) < 4.78 is 10.7. The van der Waals surface area contributed by atoms with Crippen LogP contribution in [-0.4, -0.2) is 29.5 Å². The second kappa shape index (κ2) is 7.61. The van der Waals surface area contributed by atoms with Gasteiger partial charge in [0.1, 0.15) is 0 Å². The molecule has 0 saturated heterocycles. The first-order valence-corrected chi connectivity index (χ1v) is 8.41. The molecule has 0 fully saturated rings. The molecular weight excluding hydrogens is 230 g/mol. The van der Waals surface area contributed by atoms with Gasteiger partial charge in [0.15, 0.2) is 0 Å². The van der Waals surface area contributed by atoms with E-state index in [9.17, 15) is 0 Å². The fourth-order valence-electron chi connectivity index (χ4n) is 1.64. The molecule has 4 heteroatoms. The van der Waals surface area contributed by atoms with Crippen molar-refractivity contribution >= 4 is 8.72 Å². The molecule has 1 aromatic rings. The molecule has 1 N–H and O–H groups in total. The highest BCUT2D eigenvalue weighted by atomic mass is 28.4. The van der Waals surface area contributed by atoms with E-state index < -0.39 is 8.72 Å². The Kier molecular flexibility index (Phi) is 6.43. The predicted molar refractivity (Wildman–Crippen MR) is 73.0 cm³/mol. The molecule has 3 nitrogen and oxygen atoms in total. The number of unbranched alkanes of at least 4 members (excludes halogenated alkanes) is 1. The maximum atomic E-state index is 5.36. The minimum atomic E-state index is -2.08. The molecule has 0 aromatic heterocycles. The number of nitrogens with one attached hydrogen (secondary N) is 1. The summed E-state index contributed by atoms with van der Waals surface area (Å²) in [6, 6.07) is 10.6. The third kappa shape index (κ3) is 5.45. The van der Waals surface area contributed by atoms with Crippen molar-refractivity contribution < 1.29 is 8.85 Å². The highest BCUT2D eigenvalue weighted by Crippen LogP contribution is 2.05. The Hall–Kier alpha value is -0.683. The Labute approximate surface area is 105 Å². The van der Waals surface area contributed by atoms with Crippen molar-refractivity contribution in [2.24, 2.45) is 0 Å². The van der Waals surface area contributed by atoms with Crippen molar-refractivity contribution in [3.8, 4) is 0 Å². The molecular formula is C13H23NO2Si. The molecule has 0 radical (unpaired) electrons. The van der Waals surface area contributed by atoms with Gasteiger partial charge < -0.3 is 8.85 Å². The van der Waals surface area contributed by atoms with Crippen molar-refractivity contribution in [2.45, 2.75) is 25.8 Å². The van der Waals surface area contributed by atoms with Gasteiger partial charge >= 0.3 is 8.72 Å². The van der Waals surface area contributed by atoms with Crippen LogP contribution < -0.4 is 4.98 Å². The molecule has 0 atom stereocenters. The minimum Gasteiger partial charge on any atom is -0.386 e. The molecule has 0 aliphatic carbocycles. The lowest BCUT2D eigenvalue weighted by atomic mass is 10.1. The van der Waals surface area contributed by atoms with Gasteiger partial charge in [-0.3, -0.25) is 4.98 Å². The van der Waals surface area contributed by atoms with Crippen molar-refractivity contribution in [2.75, 3.05) is 20.8 Å². The molecule has 0 spiro atoms. The summed E-state index contributed by atoms with van der Waals surface area (Å²) in [5.41, 5.74) is 1.41. The van der Waals surface area contributed by atoms with Gasteiger partial charge in [-0.15, -0.1) is 0 Å². The maximum absolute atomic E-state index is 5.36. The molecule has 0 aliphatic rings. The standard InChI is InChI=1S/C13H23NO2Si/c1-15-17(3,16-2)14-12-8-7-11-13-9-5-4-6-10-13/h4-6,9-10,14H,7-8,11-12H2,1-3H3. The molecule has 1 rings (SSSR count). The number of rotatable bonds is 8. The van der Waals surface area contributed by atoms with Gasteiger partial charge in [-0.25, -0.2) is 0 Å². The van der Waals surface area contributed by atoms with Crippen LogP contribution in [0.1, 0.15) is 18.4 Å². The lowest BCUT2D eigenvalue weighted by molar-refractivity contribution is 0.235. The highest BCUT2D eigenvalue weighted by Gasteiger charge is 2.28. The first-order valence-electron chi connectivity index (χ1n) is 6.09. The van der Waals surface area contributed by atoms with Crippen molar-refractivity contribution in [1.29, 1.82) is 0 Å². The number of aryl methyl sites for hydroxylation is 1. The van der Waals surface area contributed by atoms with Crippen LogP contribution in [0.3, 0.4) is 0 Å². The van der Waals surface area contributed by atoms with E-state index >= 15 is 0 Å². The summed E-state index contributed by atoms with van der Waals surface area (Å²) in [5.74, 6) is 0. The number of benzene rings is 1. The molecule has 0 saturated carbocycles. The van der Waals surface area contributed by atoms with Crippen molar-refractivity contribution in [3.63, 3.8) is 0 Å². The van der Waals surface area contributed by atoms with Crippen LogP contribution in [0.25, 0.3) is 0 Å². The monoisotopic (exact) mass is 253 g/mol. The van der Waals surface area contributed by atoms with Crippen molar-refractivity contribution in [1.82, 2.24) is 4.98 Å². The summed E-state index contributed by atoms with van der Waals surface area (Å²) >= 11 is 0. The molecule has 1 aromatic carbocycles. The van der Waals surface area contributed by atoms with Gasteiger partial charge in [-0.05, 0) is 37.9 Å². The van der Waals surface area contributed by atoms with Gasteiger partial charge in [-0.1, -0.05) is 30.3 Å². The molecule has 17 heavy (non-hydrogen) atoms. The van der Waals surface area contributed by atoms with Gasteiger partial charge in [0, 0.05) is 14.2 Å². The zero-order valence-corrected chi connectivity index (χ0v) is 12.0. The summed E-state index contributed by atoms with van der Waals surface area (Å²) in [5, 5.41) is 0. The third-order valence-corrected chi connectivity index (χ3v) is 5.41. The molecule has 0 amide bonds. The Morgan fingerprint density at radius 2 is 1.71 bits per heavy atom. The fourth-order valence-corrected chi connectivity index (χ4v) is 2.73. The molecule has 0 aliphatic heterocycles. The van der Waals surface area contributed by atoms with Crippen LogP contribution >= 0.6 is 0 Å². The molecule has 0 heterocycles. The number of hydrogen-bond acceptors (Lipinski definition) is 3. The third-order valence-electron chi connectivity index (χ3n) is 2.96. The highest BCUT2D eigenvalue weighted by molar-refractivity contribution is 6.63. The Morgan fingerprint density at radius 1 is 1.06 bits per heavy atom. The largest absolute Gasteiger partial charge is 0.421 e. The van der Waals surface area contributed by atoms with E-state index in [-0.39, 0.29) is 0 Å². The van der Waals surface area contributed by atoms with E-state index in [2.05, 4.69) is 35.3 Å². The van der Waals surface area contributed by atoms with Gasteiger partial charge in [0.25, 0.3) is 0 Å². The minimum absolute atomic E-state index is 0.956. The zero-order valence-electron chi connectivity index (χ0n) is 11.0. The van der Waals surface area contributed by atoms with Crippen LogP contribution in [0.5, 0.6) is 0 Å². The Balaban J connectivity index is 2.13. The van der Waals surface area contributed by atoms with Crippen LogP contribution in [0.2, 0.25) is 6.55 Å². The lowest BCUT2D eigenvalue weighted by Crippen LogP contribution is -2.52. The topological polar surface area (TPSA) is 30.5 Å². The zero-order chi connectivity index (χ0) is 12.6. The fraction of sp³-hybridized carbons (Fsp3) is 0.538. The molecule has 0 unspecified atom stereocenters. The van der Waals surface area contributed by atoms with Crippen LogP contribution in [0, 0.1) is 0 Å². The first kappa shape index (κ1) is 14.4. The van der Waals surface area contributed by atoms with Crippen LogP contribution in [0.4, 0.5) is 0 Å². The number of hydrogen-bond donors (Lipinski definition) is 1. The summed E-state index contributed by atoms with van der Waals surface area (Å²) in [4.78, 5) is 3.38. The summed E-state index contributed by atoms with van der Waals surface area (Å²) in [6.07, 6.45) is 3.47. The van der Waals surface area contributed by atoms with Gasteiger partial charge in [0.2, 0.25) is 0 Å². The van der Waals surface area contributed by atoms with E-state index in [1.54, 1.807) is 14.2 Å². The SMILES string of the molecule is CO[Si](C)(NCCCCc1ccccc1)OC. The van der Waals surface area contributed by atoms with E-state index in [4.69, 9.17) is 8.85 Å². The molecule has 96 valence electrons. The lowest BCUT2D eigenvalue weighted by Gasteiger charge is -2.23. The van der Waals surface area contributed by atoms with E-state index in [0.717, 1.165) is 19.4 Å². The van der Waals surface area contributed by atoms with Gasteiger partial charge in [0.05, 0.1) is 0 Å². The van der Waals surface area contributed by atoms with Gasteiger partial charge in [-0.2, -0.15) is 0 Å². The maximum Gasteiger partial charge on any atom is 0.421 e. The quantitative estimate of drug-likeness (QED) is 0.570. The van der Waals surface area contributed by atoms with Crippen LogP contribution in [0.15, 0.2) is 30.3 Å². The Morgan fingerprint density at radius 3 is 2.29 bits per heavy atom. The van der Waals surface area contributed by atoms with E-state index in [1.165, 1.54) is 12.0 Å². The predicted octanol–water partition coefficient (Wildman–Crippen LogP) is 2.46.